The van der Waals surface area contributed by atoms with Crippen LogP contribution in [0.25, 0.3) is 0 Å². The molecule has 0 saturated carbocycles. The average Bonchev–Trinajstić information content (AvgIpc) is 2.57. The molecule has 0 radical (unpaired) electrons. The van der Waals surface area contributed by atoms with E-state index in [1.54, 1.807) is 38.5 Å². The number of amides is 2. The molecule has 2 N–H and O–H groups in total. The third-order valence-corrected chi connectivity index (χ3v) is 4.55. The molecule has 2 aromatic rings. The minimum absolute atomic E-state index is 0.295. The predicted octanol–water partition coefficient (Wildman–Crippen LogP) is 5.07. The van der Waals surface area contributed by atoms with Crippen LogP contribution in [0.3, 0.4) is 0 Å². The van der Waals surface area contributed by atoms with Crippen LogP contribution in [-0.4, -0.2) is 20.3 Å². The molecule has 0 saturated heterocycles. The Labute approximate surface area is 157 Å². The molecule has 134 valence electrons. The summed E-state index contributed by atoms with van der Waals surface area (Å²) in [5.74, 6) is 1.21. The van der Waals surface area contributed by atoms with Gasteiger partial charge in [0.15, 0.2) is 11.5 Å². The van der Waals surface area contributed by atoms with Gasteiger partial charge in [0.1, 0.15) is 0 Å². The van der Waals surface area contributed by atoms with Crippen molar-refractivity contribution >= 4 is 34.9 Å². The fourth-order valence-electron chi connectivity index (χ4n) is 2.33. The molecule has 2 amide bonds. The molecule has 0 fully saturated rings. The van der Waals surface area contributed by atoms with Crippen molar-refractivity contribution in [3.05, 3.63) is 52.0 Å². The number of anilines is 1. The topological polar surface area (TPSA) is 59.6 Å². The third kappa shape index (κ3) is 4.50. The SMILES string of the molecule is COc1ccc(C(C)(C)NC(=O)Nc2cccc(Cl)c2Cl)cc1OC. The van der Waals surface area contributed by atoms with E-state index in [2.05, 4.69) is 10.6 Å². The van der Waals surface area contributed by atoms with Gasteiger partial charge < -0.3 is 20.1 Å². The zero-order valence-corrected chi connectivity index (χ0v) is 16.0. The van der Waals surface area contributed by atoms with Gasteiger partial charge in [0.2, 0.25) is 0 Å². The predicted molar refractivity (Wildman–Crippen MR) is 101 cm³/mol. The van der Waals surface area contributed by atoms with Crippen molar-refractivity contribution in [3.8, 4) is 11.5 Å². The lowest BCUT2D eigenvalue weighted by Crippen LogP contribution is -2.43. The van der Waals surface area contributed by atoms with Gasteiger partial charge in [-0.05, 0) is 43.7 Å². The smallest absolute Gasteiger partial charge is 0.319 e. The highest BCUT2D eigenvalue weighted by atomic mass is 35.5. The summed E-state index contributed by atoms with van der Waals surface area (Å²) in [6.07, 6.45) is 0. The van der Waals surface area contributed by atoms with E-state index in [0.717, 1.165) is 5.56 Å². The van der Waals surface area contributed by atoms with Gasteiger partial charge in [-0.2, -0.15) is 0 Å². The van der Waals surface area contributed by atoms with E-state index in [4.69, 9.17) is 32.7 Å². The lowest BCUT2D eigenvalue weighted by Gasteiger charge is -2.28. The molecule has 0 aliphatic heterocycles. The van der Waals surface area contributed by atoms with Crippen molar-refractivity contribution in [3.63, 3.8) is 0 Å². The number of rotatable bonds is 5. The van der Waals surface area contributed by atoms with E-state index in [1.807, 2.05) is 26.0 Å². The second kappa shape index (κ2) is 7.85. The second-order valence-electron chi connectivity index (χ2n) is 5.88. The summed E-state index contributed by atoms with van der Waals surface area (Å²) in [4.78, 5) is 12.4. The van der Waals surface area contributed by atoms with Gasteiger partial charge in [-0.1, -0.05) is 35.3 Å². The molecule has 0 heterocycles. The van der Waals surface area contributed by atoms with Crippen LogP contribution in [0.5, 0.6) is 11.5 Å². The molecular formula is C18H20Cl2N2O3. The van der Waals surface area contributed by atoms with E-state index in [1.165, 1.54) is 0 Å². The van der Waals surface area contributed by atoms with E-state index >= 15 is 0 Å². The van der Waals surface area contributed by atoms with E-state index in [-0.39, 0.29) is 0 Å². The first-order valence-electron chi connectivity index (χ1n) is 7.54. The zero-order valence-electron chi connectivity index (χ0n) is 14.4. The molecule has 7 heteroatoms. The Balaban J connectivity index is 2.17. The minimum atomic E-state index is -0.658. The van der Waals surface area contributed by atoms with Gasteiger partial charge in [-0.25, -0.2) is 4.79 Å². The van der Waals surface area contributed by atoms with Gasteiger partial charge in [-0.3, -0.25) is 0 Å². The summed E-state index contributed by atoms with van der Waals surface area (Å²) in [5.41, 5.74) is 0.640. The molecule has 0 bridgehead atoms. The van der Waals surface area contributed by atoms with Gasteiger partial charge in [-0.15, -0.1) is 0 Å². The van der Waals surface area contributed by atoms with E-state index < -0.39 is 11.6 Å². The number of carbonyl (C=O) groups is 1. The fourth-order valence-corrected chi connectivity index (χ4v) is 2.68. The Hall–Kier alpha value is -2.11. The number of methoxy groups -OCH3 is 2. The molecule has 5 nitrogen and oxygen atoms in total. The summed E-state index contributed by atoms with van der Waals surface area (Å²) in [6.45, 7) is 3.76. The first kappa shape index (κ1) is 19.2. The molecule has 2 rings (SSSR count). The maximum atomic E-state index is 12.4. The largest absolute Gasteiger partial charge is 0.493 e. The minimum Gasteiger partial charge on any atom is -0.493 e. The molecule has 0 aliphatic carbocycles. The van der Waals surface area contributed by atoms with Crippen molar-refractivity contribution in [2.45, 2.75) is 19.4 Å². The maximum absolute atomic E-state index is 12.4. The summed E-state index contributed by atoms with van der Waals surface area (Å²) in [7, 11) is 3.14. The number of nitrogens with one attached hydrogen (secondary N) is 2. The monoisotopic (exact) mass is 382 g/mol. The summed E-state index contributed by atoms with van der Waals surface area (Å²) in [5, 5.41) is 6.28. The Kier molecular flexibility index (Phi) is 6.03. The molecule has 0 aliphatic rings. The molecule has 0 aromatic heterocycles. The first-order chi connectivity index (χ1) is 11.8. The van der Waals surface area contributed by atoms with E-state index in [9.17, 15) is 4.79 Å². The Morgan fingerprint density at radius 3 is 2.36 bits per heavy atom. The number of carbonyl (C=O) groups excluding carboxylic acids is 1. The summed E-state index contributed by atoms with van der Waals surface area (Å²) in [6, 6.07) is 10.1. The number of hydrogen-bond donors (Lipinski definition) is 2. The van der Waals surface area contributed by atoms with Crippen LogP contribution in [0.4, 0.5) is 10.5 Å². The standard InChI is InChI=1S/C18H20Cl2N2O3/c1-18(2,11-8-9-14(24-3)15(10-11)25-4)22-17(23)21-13-7-5-6-12(19)16(13)20/h5-10H,1-4H3,(H2,21,22,23). The number of hydrogen-bond acceptors (Lipinski definition) is 3. The number of ether oxygens (including phenoxy) is 2. The Bertz CT molecular complexity index is 779. The highest BCUT2D eigenvalue weighted by Crippen LogP contribution is 2.33. The fraction of sp³-hybridized carbons (Fsp3) is 0.278. The van der Waals surface area contributed by atoms with Gasteiger partial charge in [0, 0.05) is 0 Å². The average molecular weight is 383 g/mol. The highest BCUT2D eigenvalue weighted by Gasteiger charge is 2.24. The van der Waals surface area contributed by atoms with Crippen LogP contribution >= 0.6 is 23.2 Å². The van der Waals surface area contributed by atoms with Gasteiger partial charge in [0.25, 0.3) is 0 Å². The van der Waals surface area contributed by atoms with Gasteiger partial charge >= 0.3 is 6.03 Å². The van der Waals surface area contributed by atoms with Crippen molar-refractivity contribution in [2.24, 2.45) is 0 Å². The van der Waals surface area contributed by atoms with Crippen LogP contribution in [-0.2, 0) is 5.54 Å². The quantitative estimate of drug-likeness (QED) is 0.758. The molecule has 0 atom stereocenters. The van der Waals surface area contributed by atoms with Crippen LogP contribution < -0.4 is 20.1 Å². The third-order valence-electron chi connectivity index (χ3n) is 3.73. The normalized spacial score (nSPS) is 11.0. The number of benzene rings is 2. The summed E-state index contributed by atoms with van der Waals surface area (Å²) < 4.78 is 10.6. The molecular weight excluding hydrogens is 363 g/mol. The van der Waals surface area contributed by atoms with Crippen LogP contribution in [0.1, 0.15) is 19.4 Å². The van der Waals surface area contributed by atoms with Crippen molar-refractivity contribution < 1.29 is 14.3 Å². The van der Waals surface area contributed by atoms with E-state index in [0.29, 0.717) is 27.2 Å². The van der Waals surface area contributed by atoms with Crippen LogP contribution in [0.2, 0.25) is 10.0 Å². The lowest BCUT2D eigenvalue weighted by molar-refractivity contribution is 0.241. The molecule has 0 spiro atoms. The maximum Gasteiger partial charge on any atom is 0.319 e. The number of halogens is 2. The molecule has 2 aromatic carbocycles. The first-order valence-corrected chi connectivity index (χ1v) is 8.29. The molecule has 25 heavy (non-hydrogen) atoms. The summed E-state index contributed by atoms with van der Waals surface area (Å²) >= 11 is 12.1. The van der Waals surface area contributed by atoms with Crippen LogP contribution in [0.15, 0.2) is 36.4 Å². The molecule has 0 unspecified atom stereocenters. The zero-order chi connectivity index (χ0) is 18.6. The van der Waals surface area contributed by atoms with Crippen molar-refractivity contribution in [1.82, 2.24) is 5.32 Å². The highest BCUT2D eigenvalue weighted by molar-refractivity contribution is 6.43. The Morgan fingerprint density at radius 2 is 1.72 bits per heavy atom. The Morgan fingerprint density at radius 1 is 1.04 bits per heavy atom. The second-order valence-corrected chi connectivity index (χ2v) is 6.66. The van der Waals surface area contributed by atoms with Crippen molar-refractivity contribution in [1.29, 1.82) is 0 Å². The van der Waals surface area contributed by atoms with Gasteiger partial charge in [0.05, 0.1) is 35.5 Å². The lowest BCUT2D eigenvalue weighted by atomic mass is 9.94. The van der Waals surface area contributed by atoms with Crippen LogP contribution in [0, 0.1) is 0 Å². The van der Waals surface area contributed by atoms with Crippen molar-refractivity contribution in [2.75, 3.05) is 19.5 Å². The number of urea groups is 1.